The van der Waals surface area contributed by atoms with Crippen LogP contribution in [0.2, 0.25) is 0 Å². The molecule has 1 amide bonds. The number of aromatic nitrogens is 1. The van der Waals surface area contributed by atoms with E-state index in [-0.39, 0.29) is 4.82 Å². The van der Waals surface area contributed by atoms with Gasteiger partial charge in [0, 0.05) is 34.9 Å². The van der Waals surface area contributed by atoms with E-state index < -0.39 is 0 Å². The number of carbonyl (C=O) groups excluding carboxylic acids is 1. The first-order valence-electron chi connectivity index (χ1n) is 3.11. The van der Waals surface area contributed by atoms with Gasteiger partial charge >= 0.3 is 0 Å². The van der Waals surface area contributed by atoms with Crippen molar-refractivity contribution in [1.29, 1.82) is 0 Å². The first kappa shape index (κ1) is 8.20. The van der Waals surface area contributed by atoms with Gasteiger partial charge in [-0.05, 0) is 11.6 Å². The van der Waals surface area contributed by atoms with Gasteiger partial charge in [0.2, 0.25) is 0 Å². The molecule has 4 heteroatoms. The third-order valence-electron chi connectivity index (χ3n) is 1.15. The standard InChI is InChI=1S/C7H7BrN2O/c8-7(11)10-5-6-2-1-3-9-4-6/h1-4H,5H2,(H,10,11). The number of halogens is 1. The fourth-order valence-corrected chi connectivity index (χ4v) is 0.814. The lowest BCUT2D eigenvalue weighted by molar-refractivity contribution is 0.261. The van der Waals surface area contributed by atoms with Gasteiger partial charge < -0.3 is 5.32 Å². The maximum atomic E-state index is 10.4. The van der Waals surface area contributed by atoms with Gasteiger partial charge in [-0.2, -0.15) is 0 Å². The molecule has 0 unspecified atom stereocenters. The Morgan fingerprint density at radius 3 is 3.09 bits per heavy atom. The Balaban J connectivity index is 2.45. The van der Waals surface area contributed by atoms with Crippen LogP contribution in [0.15, 0.2) is 24.5 Å². The van der Waals surface area contributed by atoms with Crippen LogP contribution in [0.4, 0.5) is 4.79 Å². The maximum Gasteiger partial charge on any atom is 0.287 e. The molecule has 0 aliphatic carbocycles. The largest absolute Gasteiger partial charge is 0.342 e. The van der Waals surface area contributed by atoms with E-state index in [2.05, 4.69) is 26.2 Å². The van der Waals surface area contributed by atoms with E-state index in [1.54, 1.807) is 12.4 Å². The average molecular weight is 215 g/mol. The number of carbonyl (C=O) groups is 1. The summed E-state index contributed by atoms with van der Waals surface area (Å²) in [6.07, 6.45) is 3.41. The molecule has 58 valence electrons. The molecule has 0 spiro atoms. The number of hydrogen-bond donors (Lipinski definition) is 1. The summed E-state index contributed by atoms with van der Waals surface area (Å²) >= 11 is 2.76. The number of nitrogens with one attached hydrogen (secondary N) is 1. The second kappa shape index (κ2) is 4.08. The zero-order chi connectivity index (χ0) is 8.10. The third kappa shape index (κ3) is 3.13. The van der Waals surface area contributed by atoms with Crippen LogP contribution in [0, 0.1) is 0 Å². The van der Waals surface area contributed by atoms with Crippen molar-refractivity contribution in [1.82, 2.24) is 10.3 Å². The monoisotopic (exact) mass is 214 g/mol. The smallest absolute Gasteiger partial charge is 0.287 e. The highest BCUT2D eigenvalue weighted by Crippen LogP contribution is 1.95. The van der Waals surface area contributed by atoms with E-state index in [0.29, 0.717) is 6.54 Å². The molecule has 0 saturated carbocycles. The quantitative estimate of drug-likeness (QED) is 0.602. The zero-order valence-electron chi connectivity index (χ0n) is 5.75. The molecule has 1 heterocycles. The fourth-order valence-electron chi connectivity index (χ4n) is 0.674. The Labute approximate surface area is 73.0 Å². The van der Waals surface area contributed by atoms with Crippen molar-refractivity contribution >= 4 is 20.7 Å². The Morgan fingerprint density at radius 1 is 1.73 bits per heavy atom. The molecule has 0 fully saturated rings. The normalized spacial score (nSPS) is 9.18. The van der Waals surface area contributed by atoms with Crippen molar-refractivity contribution in [2.45, 2.75) is 6.54 Å². The van der Waals surface area contributed by atoms with Crippen LogP contribution in [0.3, 0.4) is 0 Å². The first-order chi connectivity index (χ1) is 5.29. The summed E-state index contributed by atoms with van der Waals surface area (Å²) in [5.41, 5.74) is 0.986. The highest BCUT2D eigenvalue weighted by atomic mass is 79.9. The molecule has 1 aromatic heterocycles. The number of pyridine rings is 1. The highest BCUT2D eigenvalue weighted by Gasteiger charge is 1.93. The molecular formula is C7H7BrN2O. The van der Waals surface area contributed by atoms with E-state index in [1.807, 2.05) is 12.1 Å². The summed E-state index contributed by atoms with van der Waals surface area (Å²) in [5, 5.41) is 2.60. The molecule has 0 aliphatic rings. The molecule has 0 saturated heterocycles. The summed E-state index contributed by atoms with van der Waals surface area (Å²) < 4.78 is 0. The van der Waals surface area contributed by atoms with Crippen LogP contribution < -0.4 is 5.32 Å². The molecule has 1 rings (SSSR count). The predicted octanol–water partition coefficient (Wildman–Crippen LogP) is 1.69. The number of nitrogens with zero attached hydrogens (tertiary/aromatic N) is 1. The van der Waals surface area contributed by atoms with E-state index >= 15 is 0 Å². The molecule has 3 nitrogen and oxygen atoms in total. The molecule has 0 aromatic carbocycles. The Hall–Kier alpha value is -0.900. The van der Waals surface area contributed by atoms with Gasteiger partial charge in [0.05, 0.1) is 0 Å². The molecular weight excluding hydrogens is 208 g/mol. The third-order valence-corrected chi connectivity index (χ3v) is 1.43. The minimum absolute atomic E-state index is 0.207. The second-order valence-electron chi connectivity index (χ2n) is 1.99. The topological polar surface area (TPSA) is 42.0 Å². The second-order valence-corrected chi connectivity index (χ2v) is 2.71. The summed E-state index contributed by atoms with van der Waals surface area (Å²) in [7, 11) is 0. The summed E-state index contributed by atoms with van der Waals surface area (Å²) in [5.74, 6) is 0. The molecule has 1 N–H and O–H groups in total. The van der Waals surface area contributed by atoms with E-state index in [9.17, 15) is 4.79 Å². The zero-order valence-corrected chi connectivity index (χ0v) is 7.34. The molecule has 1 aromatic rings. The Bertz CT molecular complexity index is 237. The van der Waals surface area contributed by atoms with Crippen molar-refractivity contribution in [3.63, 3.8) is 0 Å². The number of hydrogen-bond acceptors (Lipinski definition) is 2. The lowest BCUT2D eigenvalue weighted by atomic mass is 10.3. The maximum absolute atomic E-state index is 10.4. The van der Waals surface area contributed by atoms with Gasteiger partial charge in [0.25, 0.3) is 4.82 Å². The molecule has 0 aliphatic heterocycles. The average Bonchev–Trinajstić information content (AvgIpc) is 2.03. The molecule has 11 heavy (non-hydrogen) atoms. The van der Waals surface area contributed by atoms with Gasteiger partial charge in [-0.3, -0.25) is 9.78 Å². The van der Waals surface area contributed by atoms with Crippen LogP contribution in [0.25, 0.3) is 0 Å². The van der Waals surface area contributed by atoms with Crippen molar-refractivity contribution in [2.24, 2.45) is 0 Å². The summed E-state index contributed by atoms with van der Waals surface area (Å²) in [6, 6.07) is 3.73. The number of amides is 1. The molecule has 0 bridgehead atoms. The lowest BCUT2D eigenvalue weighted by Crippen LogP contribution is -2.14. The van der Waals surface area contributed by atoms with E-state index in [0.717, 1.165) is 5.56 Å². The lowest BCUT2D eigenvalue weighted by Gasteiger charge is -1.98. The Kier molecular flexibility index (Phi) is 3.04. The van der Waals surface area contributed by atoms with Crippen LogP contribution in [-0.2, 0) is 6.54 Å². The molecule has 0 radical (unpaired) electrons. The van der Waals surface area contributed by atoms with Gasteiger partial charge in [-0.25, -0.2) is 0 Å². The van der Waals surface area contributed by atoms with Gasteiger partial charge in [0.1, 0.15) is 0 Å². The van der Waals surface area contributed by atoms with Gasteiger partial charge in [0.15, 0.2) is 0 Å². The van der Waals surface area contributed by atoms with Crippen molar-refractivity contribution in [3.8, 4) is 0 Å². The van der Waals surface area contributed by atoms with E-state index in [4.69, 9.17) is 0 Å². The van der Waals surface area contributed by atoms with Crippen molar-refractivity contribution < 1.29 is 4.79 Å². The number of rotatable bonds is 2. The van der Waals surface area contributed by atoms with Crippen molar-refractivity contribution in [3.05, 3.63) is 30.1 Å². The summed E-state index contributed by atoms with van der Waals surface area (Å²) in [4.78, 5) is 14.1. The van der Waals surface area contributed by atoms with Crippen LogP contribution in [-0.4, -0.2) is 9.80 Å². The Morgan fingerprint density at radius 2 is 2.55 bits per heavy atom. The van der Waals surface area contributed by atoms with Crippen LogP contribution in [0.1, 0.15) is 5.56 Å². The van der Waals surface area contributed by atoms with Crippen molar-refractivity contribution in [2.75, 3.05) is 0 Å². The molecule has 0 atom stereocenters. The highest BCUT2D eigenvalue weighted by molar-refractivity contribution is 9.18. The fraction of sp³-hybridized carbons (Fsp3) is 0.143. The predicted molar refractivity (Wildman–Crippen MR) is 45.4 cm³/mol. The minimum Gasteiger partial charge on any atom is -0.342 e. The van der Waals surface area contributed by atoms with Gasteiger partial charge in [-0.15, -0.1) is 0 Å². The van der Waals surface area contributed by atoms with E-state index in [1.165, 1.54) is 0 Å². The van der Waals surface area contributed by atoms with Crippen LogP contribution >= 0.6 is 15.9 Å². The summed E-state index contributed by atoms with van der Waals surface area (Å²) in [6.45, 7) is 0.512. The SMILES string of the molecule is O=C(Br)NCc1cccnc1. The van der Waals surface area contributed by atoms with Gasteiger partial charge in [-0.1, -0.05) is 6.07 Å². The van der Waals surface area contributed by atoms with Crippen LogP contribution in [0.5, 0.6) is 0 Å². The first-order valence-corrected chi connectivity index (χ1v) is 3.90. The minimum atomic E-state index is -0.207.